The first-order valence-electron chi connectivity index (χ1n) is 7.13. The number of para-hydroxylation sites is 1. The standard InChI is InChI=1S/C17H20N2O3/c1-12(10-18-21)11-19(17(20)15-8-5-9-22-15)16-13(2)6-4-7-14(16)3/h4-10,12,21H,11H2,1-3H3/b18-10-. The van der Waals surface area contributed by atoms with Gasteiger partial charge in [-0.2, -0.15) is 0 Å². The Bertz CT molecular complexity index is 642. The molecular formula is C17H20N2O3. The molecule has 1 amide bonds. The van der Waals surface area contributed by atoms with Crippen molar-refractivity contribution in [3.05, 3.63) is 53.5 Å². The highest BCUT2D eigenvalue weighted by atomic mass is 16.4. The molecule has 0 spiro atoms. The lowest BCUT2D eigenvalue weighted by Crippen LogP contribution is -2.36. The summed E-state index contributed by atoms with van der Waals surface area (Å²) in [6.45, 7) is 6.22. The van der Waals surface area contributed by atoms with Crippen molar-refractivity contribution in [2.75, 3.05) is 11.4 Å². The van der Waals surface area contributed by atoms with Gasteiger partial charge < -0.3 is 14.5 Å². The quantitative estimate of drug-likeness (QED) is 0.521. The van der Waals surface area contributed by atoms with E-state index in [0.717, 1.165) is 16.8 Å². The number of aryl methyl sites for hydroxylation is 2. The number of furan rings is 1. The number of oxime groups is 1. The lowest BCUT2D eigenvalue weighted by molar-refractivity contribution is 0.0958. The summed E-state index contributed by atoms with van der Waals surface area (Å²) in [7, 11) is 0. The molecule has 5 heteroatoms. The Morgan fingerprint density at radius 1 is 1.32 bits per heavy atom. The van der Waals surface area contributed by atoms with E-state index in [9.17, 15) is 4.79 Å². The van der Waals surface area contributed by atoms with E-state index in [1.807, 2.05) is 39.0 Å². The maximum atomic E-state index is 12.8. The van der Waals surface area contributed by atoms with Gasteiger partial charge >= 0.3 is 0 Å². The van der Waals surface area contributed by atoms with Gasteiger partial charge in [-0.25, -0.2) is 0 Å². The fourth-order valence-corrected chi connectivity index (χ4v) is 2.49. The number of nitrogens with zero attached hydrogens (tertiary/aromatic N) is 2. The van der Waals surface area contributed by atoms with Gasteiger partial charge in [0.15, 0.2) is 5.76 Å². The number of carbonyl (C=O) groups is 1. The molecule has 0 saturated carbocycles. The van der Waals surface area contributed by atoms with E-state index in [1.54, 1.807) is 17.0 Å². The van der Waals surface area contributed by atoms with Crippen LogP contribution in [0.25, 0.3) is 0 Å². The summed E-state index contributed by atoms with van der Waals surface area (Å²) in [6.07, 6.45) is 2.89. The smallest absolute Gasteiger partial charge is 0.293 e. The molecule has 1 unspecified atom stereocenters. The van der Waals surface area contributed by atoms with Crippen molar-refractivity contribution in [3.8, 4) is 0 Å². The highest BCUT2D eigenvalue weighted by Gasteiger charge is 2.24. The Morgan fingerprint density at radius 2 is 2.00 bits per heavy atom. The van der Waals surface area contributed by atoms with E-state index in [4.69, 9.17) is 9.62 Å². The molecule has 5 nitrogen and oxygen atoms in total. The molecule has 0 aliphatic heterocycles. The molecule has 116 valence electrons. The van der Waals surface area contributed by atoms with E-state index >= 15 is 0 Å². The molecule has 0 saturated heterocycles. The fourth-order valence-electron chi connectivity index (χ4n) is 2.49. The van der Waals surface area contributed by atoms with Crippen LogP contribution in [0.1, 0.15) is 28.6 Å². The Hall–Kier alpha value is -2.56. The van der Waals surface area contributed by atoms with Crippen LogP contribution in [0.3, 0.4) is 0 Å². The van der Waals surface area contributed by atoms with Crippen molar-refractivity contribution in [1.29, 1.82) is 0 Å². The number of hydrogen-bond donors (Lipinski definition) is 1. The summed E-state index contributed by atoms with van der Waals surface area (Å²) < 4.78 is 5.24. The third kappa shape index (κ3) is 3.36. The number of rotatable bonds is 5. The molecular weight excluding hydrogens is 280 g/mol. The molecule has 1 atom stereocenters. The molecule has 0 aliphatic rings. The normalized spacial score (nSPS) is 12.5. The number of amides is 1. The third-order valence-corrected chi connectivity index (χ3v) is 3.48. The van der Waals surface area contributed by atoms with Crippen molar-refractivity contribution in [3.63, 3.8) is 0 Å². The monoisotopic (exact) mass is 300 g/mol. The average molecular weight is 300 g/mol. The van der Waals surface area contributed by atoms with E-state index < -0.39 is 0 Å². The molecule has 1 aromatic heterocycles. The summed E-state index contributed by atoms with van der Waals surface area (Å²) in [5, 5.41) is 11.8. The van der Waals surface area contributed by atoms with Crippen LogP contribution in [0.4, 0.5) is 5.69 Å². The van der Waals surface area contributed by atoms with Crippen molar-refractivity contribution >= 4 is 17.8 Å². The number of hydrogen-bond acceptors (Lipinski definition) is 4. The highest BCUT2D eigenvalue weighted by molar-refractivity contribution is 6.05. The molecule has 2 rings (SSSR count). The zero-order chi connectivity index (χ0) is 16.1. The summed E-state index contributed by atoms with van der Waals surface area (Å²) in [6, 6.07) is 9.23. The Balaban J connectivity index is 2.43. The minimum absolute atomic E-state index is 0.0945. The molecule has 1 N–H and O–H groups in total. The van der Waals surface area contributed by atoms with Crippen LogP contribution in [0.2, 0.25) is 0 Å². The lowest BCUT2D eigenvalue weighted by atomic mass is 10.1. The van der Waals surface area contributed by atoms with Crippen LogP contribution < -0.4 is 4.90 Å². The fraction of sp³-hybridized carbons (Fsp3) is 0.294. The first-order chi connectivity index (χ1) is 10.5. The predicted molar refractivity (Wildman–Crippen MR) is 85.7 cm³/mol. The zero-order valence-electron chi connectivity index (χ0n) is 13.0. The molecule has 2 aromatic rings. The first kappa shape index (κ1) is 15.8. The van der Waals surface area contributed by atoms with Crippen LogP contribution in [0.15, 0.2) is 46.2 Å². The summed E-state index contributed by atoms with van der Waals surface area (Å²) in [5.41, 5.74) is 2.88. The third-order valence-electron chi connectivity index (χ3n) is 3.48. The molecule has 1 aromatic carbocycles. The van der Waals surface area contributed by atoms with Gasteiger partial charge in [-0.3, -0.25) is 4.79 Å². The van der Waals surface area contributed by atoms with Crippen molar-refractivity contribution in [1.82, 2.24) is 0 Å². The second-order valence-electron chi connectivity index (χ2n) is 5.38. The van der Waals surface area contributed by atoms with Gasteiger partial charge in [-0.05, 0) is 37.1 Å². The van der Waals surface area contributed by atoms with Gasteiger partial charge in [0, 0.05) is 24.4 Å². The van der Waals surface area contributed by atoms with Gasteiger partial charge in [0.2, 0.25) is 0 Å². The molecule has 0 bridgehead atoms. The maximum absolute atomic E-state index is 12.8. The summed E-state index contributed by atoms with van der Waals surface area (Å²) in [4.78, 5) is 14.5. The second kappa shape index (κ2) is 6.93. The van der Waals surface area contributed by atoms with E-state index in [1.165, 1.54) is 12.5 Å². The van der Waals surface area contributed by atoms with E-state index in [-0.39, 0.29) is 17.6 Å². The minimum atomic E-state index is -0.208. The van der Waals surface area contributed by atoms with Gasteiger partial charge in [-0.1, -0.05) is 25.1 Å². The van der Waals surface area contributed by atoms with E-state index in [2.05, 4.69) is 5.16 Å². The van der Waals surface area contributed by atoms with Crippen molar-refractivity contribution in [2.24, 2.45) is 11.1 Å². The van der Waals surface area contributed by atoms with E-state index in [0.29, 0.717) is 6.54 Å². The Kier molecular flexibility index (Phi) is 4.99. The van der Waals surface area contributed by atoms with Gasteiger partial charge in [-0.15, -0.1) is 5.16 Å². The Morgan fingerprint density at radius 3 is 2.55 bits per heavy atom. The lowest BCUT2D eigenvalue weighted by Gasteiger charge is -2.27. The van der Waals surface area contributed by atoms with Crippen LogP contribution >= 0.6 is 0 Å². The number of carbonyl (C=O) groups excluding carboxylic acids is 1. The highest BCUT2D eigenvalue weighted by Crippen LogP contribution is 2.27. The number of anilines is 1. The van der Waals surface area contributed by atoms with Gasteiger partial charge in [0.1, 0.15) is 0 Å². The summed E-state index contributed by atoms with van der Waals surface area (Å²) in [5.74, 6) is -0.0145. The molecule has 0 fully saturated rings. The van der Waals surface area contributed by atoms with Crippen LogP contribution in [0.5, 0.6) is 0 Å². The van der Waals surface area contributed by atoms with Crippen LogP contribution in [0, 0.1) is 19.8 Å². The molecule has 22 heavy (non-hydrogen) atoms. The zero-order valence-corrected chi connectivity index (χ0v) is 13.0. The Labute approximate surface area is 129 Å². The molecule has 1 heterocycles. The largest absolute Gasteiger partial charge is 0.459 e. The average Bonchev–Trinajstić information content (AvgIpc) is 2.99. The van der Waals surface area contributed by atoms with Gasteiger partial charge in [0.25, 0.3) is 5.91 Å². The van der Waals surface area contributed by atoms with Crippen LogP contribution in [-0.2, 0) is 0 Å². The maximum Gasteiger partial charge on any atom is 0.293 e. The SMILES string of the molecule is Cc1cccc(C)c1N(CC(C)/C=N\O)C(=O)c1ccco1. The van der Waals surface area contributed by atoms with Gasteiger partial charge in [0.05, 0.1) is 6.26 Å². The minimum Gasteiger partial charge on any atom is -0.459 e. The molecule has 0 radical (unpaired) electrons. The predicted octanol–water partition coefficient (Wildman–Crippen LogP) is 3.64. The summed E-state index contributed by atoms with van der Waals surface area (Å²) >= 11 is 0. The first-order valence-corrected chi connectivity index (χ1v) is 7.13. The number of benzene rings is 1. The van der Waals surface area contributed by atoms with Crippen LogP contribution in [-0.4, -0.2) is 23.9 Å². The van der Waals surface area contributed by atoms with Crippen molar-refractivity contribution < 1.29 is 14.4 Å². The van der Waals surface area contributed by atoms with Crippen molar-refractivity contribution in [2.45, 2.75) is 20.8 Å². The molecule has 0 aliphatic carbocycles. The second-order valence-corrected chi connectivity index (χ2v) is 5.38. The topological polar surface area (TPSA) is 66.0 Å².